The lowest BCUT2D eigenvalue weighted by Gasteiger charge is -2.27. The van der Waals surface area contributed by atoms with Crippen molar-refractivity contribution in [3.63, 3.8) is 0 Å². The molecule has 30 heavy (non-hydrogen) atoms. The highest BCUT2D eigenvalue weighted by atomic mass is 32.2. The number of nitrogens with one attached hydrogen (secondary N) is 1. The van der Waals surface area contributed by atoms with E-state index in [9.17, 15) is 16.8 Å². The minimum atomic E-state index is -3.71. The third kappa shape index (κ3) is 5.56. The number of rotatable bonds is 7. The standard InChI is InChI=1S/C22H28N2O4S2/c1-17-4-3-5-18(2)22(17)16-29(25,26)20-6-8-21(9-7-20)30(27,28)24-15-12-19-10-13-23-14-11-19/h6-11,13-14,16-18,24H,3-5,12,15H2,1-2H3. The van der Waals surface area contributed by atoms with Gasteiger partial charge in [0.15, 0.2) is 9.84 Å². The summed E-state index contributed by atoms with van der Waals surface area (Å²) >= 11 is 0. The predicted molar refractivity (Wildman–Crippen MR) is 117 cm³/mol. The molecule has 0 spiro atoms. The molecule has 0 aliphatic heterocycles. The Bertz CT molecular complexity index is 1080. The maximum atomic E-state index is 12.8. The van der Waals surface area contributed by atoms with Gasteiger partial charge >= 0.3 is 0 Å². The van der Waals surface area contributed by atoms with Crippen LogP contribution in [-0.2, 0) is 26.3 Å². The van der Waals surface area contributed by atoms with Gasteiger partial charge in [0.05, 0.1) is 9.79 Å². The summed E-state index contributed by atoms with van der Waals surface area (Å²) in [7, 11) is -7.34. The van der Waals surface area contributed by atoms with Crippen molar-refractivity contribution in [1.29, 1.82) is 0 Å². The Morgan fingerprint density at radius 3 is 2.10 bits per heavy atom. The van der Waals surface area contributed by atoms with Crippen molar-refractivity contribution in [3.05, 3.63) is 65.3 Å². The topological polar surface area (TPSA) is 93.2 Å². The van der Waals surface area contributed by atoms with Gasteiger partial charge in [-0.15, -0.1) is 0 Å². The Kier molecular flexibility index (Phi) is 7.10. The minimum absolute atomic E-state index is 0.0447. The van der Waals surface area contributed by atoms with Crippen LogP contribution in [0.5, 0.6) is 0 Å². The third-order valence-corrected chi connectivity index (χ3v) is 8.61. The molecule has 1 aliphatic rings. The summed E-state index contributed by atoms with van der Waals surface area (Å²) in [4.78, 5) is 4.08. The van der Waals surface area contributed by atoms with Gasteiger partial charge in [0.25, 0.3) is 0 Å². The molecule has 0 radical (unpaired) electrons. The summed E-state index contributed by atoms with van der Waals surface area (Å²) in [5.41, 5.74) is 1.93. The summed E-state index contributed by atoms with van der Waals surface area (Å²) in [6, 6.07) is 9.07. The number of allylic oxidation sites excluding steroid dienone is 1. The average Bonchev–Trinajstić information content (AvgIpc) is 2.72. The molecule has 0 saturated heterocycles. The van der Waals surface area contributed by atoms with Crippen LogP contribution in [0.25, 0.3) is 0 Å². The van der Waals surface area contributed by atoms with Gasteiger partial charge in [-0.2, -0.15) is 0 Å². The SMILES string of the molecule is CC1CCCC(C)C1=CS(=O)(=O)c1ccc(S(=O)(=O)NCCc2ccncc2)cc1. The third-order valence-electron chi connectivity index (χ3n) is 5.62. The second-order valence-electron chi connectivity index (χ2n) is 7.87. The molecule has 6 nitrogen and oxygen atoms in total. The van der Waals surface area contributed by atoms with Crippen molar-refractivity contribution >= 4 is 19.9 Å². The van der Waals surface area contributed by atoms with E-state index >= 15 is 0 Å². The Morgan fingerprint density at radius 2 is 1.50 bits per heavy atom. The molecule has 1 aromatic carbocycles. The summed E-state index contributed by atoms with van der Waals surface area (Å²) in [5.74, 6) is 0.487. The Morgan fingerprint density at radius 1 is 0.933 bits per heavy atom. The molecule has 1 fully saturated rings. The molecule has 2 unspecified atom stereocenters. The maximum absolute atomic E-state index is 12.8. The lowest BCUT2D eigenvalue weighted by molar-refractivity contribution is 0.404. The largest absolute Gasteiger partial charge is 0.265 e. The van der Waals surface area contributed by atoms with Crippen LogP contribution in [0.15, 0.2) is 69.6 Å². The van der Waals surface area contributed by atoms with Crippen molar-refractivity contribution in [1.82, 2.24) is 9.71 Å². The molecule has 1 saturated carbocycles. The number of hydrogen-bond donors (Lipinski definition) is 1. The second kappa shape index (κ2) is 9.41. The van der Waals surface area contributed by atoms with Crippen molar-refractivity contribution in [2.45, 2.75) is 49.3 Å². The molecule has 1 N–H and O–H groups in total. The zero-order valence-electron chi connectivity index (χ0n) is 17.3. The fourth-order valence-corrected chi connectivity index (χ4v) is 6.31. The van der Waals surface area contributed by atoms with Crippen molar-refractivity contribution < 1.29 is 16.8 Å². The van der Waals surface area contributed by atoms with E-state index < -0.39 is 19.9 Å². The highest BCUT2D eigenvalue weighted by Crippen LogP contribution is 2.35. The molecule has 0 bridgehead atoms. The number of nitrogens with zero attached hydrogens (tertiary/aromatic N) is 1. The molecule has 2 atom stereocenters. The first kappa shape index (κ1) is 22.7. The van der Waals surface area contributed by atoms with E-state index in [0.29, 0.717) is 6.42 Å². The van der Waals surface area contributed by atoms with Gasteiger partial charge in [-0.05, 0) is 73.1 Å². The smallest absolute Gasteiger partial charge is 0.240 e. The van der Waals surface area contributed by atoms with E-state index in [1.807, 2.05) is 12.1 Å². The molecular weight excluding hydrogens is 420 g/mol. The van der Waals surface area contributed by atoms with E-state index in [1.165, 1.54) is 29.7 Å². The van der Waals surface area contributed by atoms with Gasteiger partial charge in [0, 0.05) is 24.3 Å². The first-order valence-corrected chi connectivity index (χ1v) is 13.2. The number of benzene rings is 1. The number of pyridine rings is 1. The van der Waals surface area contributed by atoms with E-state index in [-0.39, 0.29) is 28.2 Å². The summed E-state index contributed by atoms with van der Waals surface area (Å²) in [5, 5.41) is 1.39. The lowest BCUT2D eigenvalue weighted by Crippen LogP contribution is -2.26. The van der Waals surface area contributed by atoms with Crippen LogP contribution in [-0.4, -0.2) is 28.4 Å². The quantitative estimate of drug-likeness (QED) is 0.697. The Balaban J connectivity index is 1.71. The predicted octanol–water partition coefficient (Wildman–Crippen LogP) is 3.72. The highest BCUT2D eigenvalue weighted by Gasteiger charge is 2.24. The van der Waals surface area contributed by atoms with Crippen LogP contribution in [0.1, 0.15) is 38.7 Å². The van der Waals surface area contributed by atoms with Gasteiger partial charge in [-0.1, -0.05) is 25.8 Å². The zero-order chi connectivity index (χ0) is 21.8. The number of hydrogen-bond acceptors (Lipinski definition) is 5. The molecule has 3 rings (SSSR count). The first-order valence-electron chi connectivity index (χ1n) is 10.1. The molecule has 0 amide bonds. The molecule has 1 heterocycles. The van der Waals surface area contributed by atoms with Gasteiger partial charge in [0.2, 0.25) is 10.0 Å². The second-order valence-corrected chi connectivity index (χ2v) is 11.4. The van der Waals surface area contributed by atoms with Crippen molar-refractivity contribution in [3.8, 4) is 0 Å². The minimum Gasteiger partial charge on any atom is -0.265 e. The Hall–Kier alpha value is -2.03. The van der Waals surface area contributed by atoms with E-state index in [0.717, 1.165) is 30.4 Å². The van der Waals surface area contributed by atoms with E-state index in [4.69, 9.17) is 0 Å². The highest BCUT2D eigenvalue weighted by molar-refractivity contribution is 7.94. The van der Waals surface area contributed by atoms with E-state index in [1.54, 1.807) is 12.4 Å². The van der Waals surface area contributed by atoms with E-state index in [2.05, 4.69) is 23.6 Å². The summed E-state index contributed by atoms with van der Waals surface area (Å²) in [6.07, 6.45) is 6.96. The maximum Gasteiger partial charge on any atom is 0.240 e. The molecule has 2 aromatic rings. The van der Waals surface area contributed by atoms with Gasteiger partial charge < -0.3 is 0 Å². The van der Waals surface area contributed by atoms with Gasteiger partial charge in [-0.3, -0.25) is 4.98 Å². The first-order chi connectivity index (χ1) is 14.2. The molecule has 8 heteroatoms. The fourth-order valence-electron chi connectivity index (χ4n) is 3.80. The summed E-state index contributed by atoms with van der Waals surface area (Å²) < 4.78 is 53.2. The Labute approximate surface area is 179 Å². The van der Waals surface area contributed by atoms with Crippen LogP contribution < -0.4 is 4.72 Å². The normalized spacial score (nSPS) is 20.1. The number of aromatic nitrogens is 1. The van der Waals surface area contributed by atoms with Crippen LogP contribution in [0, 0.1) is 11.8 Å². The van der Waals surface area contributed by atoms with Crippen LogP contribution in [0.4, 0.5) is 0 Å². The lowest BCUT2D eigenvalue weighted by atomic mass is 9.79. The summed E-state index contributed by atoms with van der Waals surface area (Å²) in [6.45, 7) is 4.36. The van der Waals surface area contributed by atoms with Gasteiger partial charge in [-0.25, -0.2) is 21.6 Å². The van der Waals surface area contributed by atoms with Crippen LogP contribution in [0.2, 0.25) is 0 Å². The van der Waals surface area contributed by atoms with Gasteiger partial charge in [0.1, 0.15) is 0 Å². The van der Waals surface area contributed by atoms with Crippen LogP contribution in [0.3, 0.4) is 0 Å². The van der Waals surface area contributed by atoms with Crippen LogP contribution >= 0.6 is 0 Å². The molecule has 162 valence electrons. The molecular formula is C22H28N2O4S2. The number of sulfone groups is 1. The number of sulfonamides is 1. The fraction of sp³-hybridized carbons (Fsp3) is 0.409. The van der Waals surface area contributed by atoms with Crippen molar-refractivity contribution in [2.75, 3.05) is 6.54 Å². The molecule has 1 aromatic heterocycles. The monoisotopic (exact) mass is 448 g/mol. The average molecular weight is 449 g/mol. The van der Waals surface area contributed by atoms with Crippen molar-refractivity contribution in [2.24, 2.45) is 11.8 Å². The zero-order valence-corrected chi connectivity index (χ0v) is 18.9. The molecule has 1 aliphatic carbocycles.